The van der Waals surface area contributed by atoms with Crippen LogP contribution >= 0.6 is 15.9 Å². The molecule has 0 aromatic heterocycles. The van der Waals surface area contributed by atoms with E-state index in [1.54, 1.807) is 13.2 Å². The van der Waals surface area contributed by atoms with Gasteiger partial charge in [-0.2, -0.15) is 0 Å². The molecule has 0 aliphatic carbocycles. The molecule has 0 heterocycles. The summed E-state index contributed by atoms with van der Waals surface area (Å²) in [4.78, 5) is 11.9. The summed E-state index contributed by atoms with van der Waals surface area (Å²) in [5, 5.41) is 5.91. The largest absolute Gasteiger partial charge is 0.497 e. The molecule has 110 valence electrons. The van der Waals surface area contributed by atoms with Crippen LogP contribution in [0.15, 0.2) is 46.9 Å². The van der Waals surface area contributed by atoms with Crippen LogP contribution in [0.1, 0.15) is 5.56 Å². The highest BCUT2D eigenvalue weighted by Gasteiger charge is 2.04. The minimum atomic E-state index is -0.111. The Hall–Kier alpha value is -2.01. The fourth-order valence-corrected chi connectivity index (χ4v) is 2.17. The van der Waals surface area contributed by atoms with Crippen molar-refractivity contribution in [1.29, 1.82) is 0 Å². The third-order valence-electron chi connectivity index (χ3n) is 2.98. The Labute approximate surface area is 132 Å². The SMILES string of the molecule is COc1cccc(NC(=O)CNc2ccc(C)c(Br)c2)c1. The molecule has 1 amide bonds. The quantitative estimate of drug-likeness (QED) is 0.863. The number of hydrogen-bond acceptors (Lipinski definition) is 3. The maximum Gasteiger partial charge on any atom is 0.243 e. The number of hydrogen-bond donors (Lipinski definition) is 2. The highest BCUT2D eigenvalue weighted by molar-refractivity contribution is 9.10. The molecule has 2 rings (SSSR count). The lowest BCUT2D eigenvalue weighted by Gasteiger charge is -2.09. The van der Waals surface area contributed by atoms with Gasteiger partial charge in [0.15, 0.2) is 0 Å². The number of methoxy groups -OCH3 is 1. The zero-order valence-corrected chi connectivity index (χ0v) is 13.5. The summed E-state index contributed by atoms with van der Waals surface area (Å²) in [6.45, 7) is 2.22. The van der Waals surface area contributed by atoms with Crippen LogP contribution in [-0.4, -0.2) is 19.6 Å². The molecule has 0 aliphatic rings. The van der Waals surface area contributed by atoms with Crippen molar-refractivity contribution in [3.63, 3.8) is 0 Å². The van der Waals surface area contributed by atoms with Crippen LogP contribution in [-0.2, 0) is 4.79 Å². The highest BCUT2D eigenvalue weighted by atomic mass is 79.9. The maximum absolute atomic E-state index is 11.9. The average molecular weight is 349 g/mol. The van der Waals surface area contributed by atoms with Crippen LogP contribution in [0, 0.1) is 6.92 Å². The Kier molecular flexibility index (Phi) is 5.22. The third-order valence-corrected chi connectivity index (χ3v) is 3.83. The summed E-state index contributed by atoms with van der Waals surface area (Å²) in [5.41, 5.74) is 2.76. The Balaban J connectivity index is 1.90. The number of benzene rings is 2. The van der Waals surface area contributed by atoms with Crippen molar-refractivity contribution in [1.82, 2.24) is 0 Å². The van der Waals surface area contributed by atoms with E-state index in [4.69, 9.17) is 4.74 Å². The molecule has 2 N–H and O–H groups in total. The van der Waals surface area contributed by atoms with E-state index >= 15 is 0 Å². The first kappa shape index (κ1) is 15.4. The second kappa shape index (κ2) is 7.13. The molecule has 0 spiro atoms. The summed E-state index contributed by atoms with van der Waals surface area (Å²) in [6, 6.07) is 13.2. The first-order chi connectivity index (χ1) is 10.1. The van der Waals surface area contributed by atoms with Crippen molar-refractivity contribution in [2.45, 2.75) is 6.92 Å². The van der Waals surface area contributed by atoms with E-state index in [-0.39, 0.29) is 12.5 Å². The standard InChI is InChI=1S/C16H17BrN2O2/c1-11-6-7-12(9-15(11)17)18-10-16(20)19-13-4-3-5-14(8-13)21-2/h3-9,18H,10H2,1-2H3,(H,19,20). The fourth-order valence-electron chi connectivity index (χ4n) is 1.79. The van der Waals surface area contributed by atoms with Gasteiger partial charge >= 0.3 is 0 Å². The first-order valence-electron chi connectivity index (χ1n) is 6.52. The normalized spacial score (nSPS) is 10.0. The molecule has 0 atom stereocenters. The van der Waals surface area contributed by atoms with Crippen molar-refractivity contribution in [2.75, 3.05) is 24.3 Å². The Morgan fingerprint density at radius 3 is 2.71 bits per heavy atom. The van der Waals surface area contributed by atoms with Crippen LogP contribution in [0.3, 0.4) is 0 Å². The van der Waals surface area contributed by atoms with E-state index in [1.807, 2.05) is 43.3 Å². The molecule has 4 nitrogen and oxygen atoms in total. The summed E-state index contributed by atoms with van der Waals surface area (Å²) in [6.07, 6.45) is 0. The predicted molar refractivity (Wildman–Crippen MR) is 89.0 cm³/mol. The van der Waals surface area contributed by atoms with E-state index in [2.05, 4.69) is 26.6 Å². The number of anilines is 2. The number of rotatable bonds is 5. The van der Waals surface area contributed by atoms with Gasteiger partial charge in [0.1, 0.15) is 5.75 Å². The number of carbonyl (C=O) groups is 1. The summed E-state index contributed by atoms with van der Waals surface area (Å²) in [7, 11) is 1.59. The van der Waals surface area contributed by atoms with Gasteiger partial charge in [0.2, 0.25) is 5.91 Å². The van der Waals surface area contributed by atoms with Gasteiger partial charge in [0.25, 0.3) is 0 Å². The minimum Gasteiger partial charge on any atom is -0.497 e. The van der Waals surface area contributed by atoms with Crippen LogP contribution in [0.25, 0.3) is 0 Å². The molecular weight excluding hydrogens is 332 g/mol. The van der Waals surface area contributed by atoms with Gasteiger partial charge in [-0.15, -0.1) is 0 Å². The lowest BCUT2D eigenvalue weighted by molar-refractivity contribution is -0.114. The molecule has 2 aromatic carbocycles. The number of amides is 1. The highest BCUT2D eigenvalue weighted by Crippen LogP contribution is 2.20. The zero-order chi connectivity index (χ0) is 15.2. The van der Waals surface area contributed by atoms with Gasteiger partial charge in [-0.1, -0.05) is 28.1 Å². The number of carbonyl (C=O) groups excluding carboxylic acids is 1. The van der Waals surface area contributed by atoms with Crippen LogP contribution in [0.5, 0.6) is 5.75 Å². The van der Waals surface area contributed by atoms with E-state index in [1.165, 1.54) is 0 Å². The topological polar surface area (TPSA) is 50.4 Å². The molecule has 0 saturated carbocycles. The van der Waals surface area contributed by atoms with Crippen molar-refractivity contribution in [3.05, 3.63) is 52.5 Å². The first-order valence-corrected chi connectivity index (χ1v) is 7.31. The van der Waals surface area contributed by atoms with Gasteiger partial charge in [0.05, 0.1) is 13.7 Å². The lowest BCUT2D eigenvalue weighted by atomic mass is 10.2. The summed E-state index contributed by atoms with van der Waals surface area (Å²) in [5.74, 6) is 0.600. The molecule has 0 bridgehead atoms. The van der Waals surface area contributed by atoms with Crippen molar-refractivity contribution >= 4 is 33.2 Å². The van der Waals surface area contributed by atoms with E-state index in [0.29, 0.717) is 11.4 Å². The molecule has 5 heteroatoms. The molecule has 0 fully saturated rings. The molecule has 0 saturated heterocycles. The van der Waals surface area contributed by atoms with Crippen LogP contribution in [0.4, 0.5) is 11.4 Å². The maximum atomic E-state index is 11.9. The van der Waals surface area contributed by atoms with Gasteiger partial charge < -0.3 is 15.4 Å². The van der Waals surface area contributed by atoms with Crippen molar-refractivity contribution < 1.29 is 9.53 Å². The second-order valence-electron chi connectivity index (χ2n) is 4.60. The minimum absolute atomic E-state index is 0.111. The molecule has 2 aromatic rings. The van der Waals surface area contributed by atoms with Gasteiger partial charge in [-0.05, 0) is 36.8 Å². The number of aryl methyl sites for hydroxylation is 1. The van der Waals surface area contributed by atoms with E-state index < -0.39 is 0 Å². The van der Waals surface area contributed by atoms with Crippen molar-refractivity contribution in [3.8, 4) is 5.75 Å². The van der Waals surface area contributed by atoms with Gasteiger partial charge in [-0.25, -0.2) is 0 Å². The average Bonchev–Trinajstić information content (AvgIpc) is 2.48. The zero-order valence-electron chi connectivity index (χ0n) is 11.9. The number of nitrogens with one attached hydrogen (secondary N) is 2. The van der Waals surface area contributed by atoms with Crippen LogP contribution in [0.2, 0.25) is 0 Å². The fraction of sp³-hybridized carbons (Fsp3) is 0.188. The number of halogens is 1. The molecule has 0 aliphatic heterocycles. The Morgan fingerprint density at radius 1 is 1.19 bits per heavy atom. The third kappa shape index (κ3) is 4.49. The summed E-state index contributed by atoms with van der Waals surface area (Å²) < 4.78 is 6.13. The predicted octanol–water partition coefficient (Wildman–Crippen LogP) is 3.82. The Morgan fingerprint density at radius 2 is 2.00 bits per heavy atom. The molecule has 0 unspecified atom stereocenters. The molecular formula is C16H17BrN2O2. The molecule has 0 radical (unpaired) electrons. The summed E-state index contributed by atoms with van der Waals surface area (Å²) >= 11 is 3.47. The Bertz CT molecular complexity index is 644. The van der Waals surface area contributed by atoms with Crippen molar-refractivity contribution in [2.24, 2.45) is 0 Å². The van der Waals surface area contributed by atoms with E-state index in [0.717, 1.165) is 15.7 Å². The van der Waals surface area contributed by atoms with Crippen LogP contribution < -0.4 is 15.4 Å². The smallest absolute Gasteiger partial charge is 0.243 e. The van der Waals surface area contributed by atoms with E-state index in [9.17, 15) is 4.79 Å². The monoisotopic (exact) mass is 348 g/mol. The lowest BCUT2D eigenvalue weighted by Crippen LogP contribution is -2.21. The second-order valence-corrected chi connectivity index (χ2v) is 5.45. The number of ether oxygens (including phenoxy) is 1. The van der Waals surface area contributed by atoms with Gasteiger partial charge in [-0.3, -0.25) is 4.79 Å². The van der Waals surface area contributed by atoms with Gasteiger partial charge in [0, 0.05) is 21.9 Å². The molecule has 21 heavy (non-hydrogen) atoms.